The molecule has 8 unspecified atom stereocenters. The molecule has 9 rings (SSSR count). The Morgan fingerprint density at radius 2 is 1.49 bits per heavy atom. The van der Waals surface area contributed by atoms with Crippen LogP contribution in [0.1, 0.15) is 107 Å². The molecular formula is C53H74N4O10. The minimum atomic E-state index is -1.46. The zero-order valence-electron chi connectivity index (χ0n) is 41.9. The first-order valence-electron chi connectivity index (χ1n) is 24.6. The van der Waals surface area contributed by atoms with E-state index in [2.05, 4.69) is 33.9 Å². The summed E-state index contributed by atoms with van der Waals surface area (Å²) in [7, 11) is 5.48. The Balaban J connectivity index is 1.29. The number of ether oxygens (including phenoxy) is 5. The molecule has 67 heavy (non-hydrogen) atoms. The Morgan fingerprint density at radius 3 is 2.13 bits per heavy atom. The van der Waals surface area contributed by atoms with Crippen LogP contribution in [-0.4, -0.2) is 151 Å². The van der Waals surface area contributed by atoms with Gasteiger partial charge in [0.15, 0.2) is 22.8 Å². The monoisotopic (exact) mass is 927 g/mol. The molecule has 0 radical (unpaired) electrons. The van der Waals surface area contributed by atoms with E-state index in [9.17, 15) is 14.4 Å². The van der Waals surface area contributed by atoms with Crippen LogP contribution in [0.15, 0.2) is 69.4 Å². The lowest BCUT2D eigenvalue weighted by atomic mass is 9.45. The molecular weight excluding hydrogens is 853 g/mol. The quantitative estimate of drug-likeness (QED) is 0.117. The second kappa shape index (κ2) is 18.5. The predicted molar refractivity (Wildman–Crippen MR) is 252 cm³/mol. The highest BCUT2D eigenvalue weighted by Gasteiger charge is 2.84. The number of nitrogens with zero attached hydrogens (tertiary/aromatic N) is 4. The molecule has 9 aliphatic rings. The van der Waals surface area contributed by atoms with Crippen LogP contribution >= 0.6 is 0 Å². The Kier molecular flexibility index (Phi) is 13.6. The molecule has 4 bridgehead atoms. The van der Waals surface area contributed by atoms with Gasteiger partial charge in [0.05, 0.1) is 25.0 Å². The molecule has 14 heteroatoms. The highest BCUT2D eigenvalue weighted by atomic mass is 16.6. The number of piperazine rings is 2. The molecule has 5 aliphatic heterocycles. The molecule has 14 nitrogen and oxygen atoms in total. The number of hydrogen-bond acceptors (Lipinski definition) is 13. The van der Waals surface area contributed by atoms with Gasteiger partial charge in [0.1, 0.15) is 28.5 Å². The van der Waals surface area contributed by atoms with Gasteiger partial charge in [0.25, 0.3) is 0 Å². The van der Waals surface area contributed by atoms with E-state index in [-0.39, 0.29) is 65.8 Å². The summed E-state index contributed by atoms with van der Waals surface area (Å²) in [5, 5.41) is 0. The standard InChI is InChI=1S/C53H74N4O10/c1-32(2)13-12-19-51(8)31-38(64-41(59)17-16-40(58)56-25-21-54(9)22-26-56)42-45(60)43-44(57-27-23-55(10)24-28-57)37-29-35-30-39-50(6,7)67-52(48(35)61,20-18-34(5)49(62)63-11)53(37,39)66-47(43)36(46(42)65-51)15-14-33(3)4/h13-14,18,31,35,37,39,43-44H,12,15-17,19-30H2,1-11H3/b34-18-. The van der Waals surface area contributed by atoms with E-state index >= 15 is 9.59 Å². The van der Waals surface area contributed by atoms with Crippen LogP contribution in [0.5, 0.6) is 0 Å². The summed E-state index contributed by atoms with van der Waals surface area (Å²) in [4.78, 5) is 80.2. The van der Waals surface area contributed by atoms with Crippen molar-refractivity contribution in [1.82, 2.24) is 19.6 Å². The molecule has 0 aromatic rings. The van der Waals surface area contributed by atoms with E-state index in [0.717, 1.165) is 37.3 Å². The van der Waals surface area contributed by atoms with E-state index in [1.807, 2.05) is 55.5 Å². The van der Waals surface area contributed by atoms with Gasteiger partial charge in [0, 0.05) is 106 Å². The van der Waals surface area contributed by atoms with Crippen LogP contribution in [0.4, 0.5) is 0 Å². The summed E-state index contributed by atoms with van der Waals surface area (Å²) in [6.07, 6.45) is 10.4. The molecule has 1 amide bonds. The average Bonchev–Trinajstić information content (AvgIpc) is 3.43. The molecule has 7 fully saturated rings. The molecule has 3 saturated carbocycles. The Hall–Kier alpha value is -4.37. The van der Waals surface area contributed by atoms with Crippen molar-refractivity contribution in [3.63, 3.8) is 0 Å². The molecule has 4 saturated heterocycles. The number of ketones is 2. The van der Waals surface area contributed by atoms with Crippen molar-refractivity contribution in [2.75, 3.05) is 73.6 Å². The Morgan fingerprint density at radius 1 is 0.836 bits per heavy atom. The fraction of sp³-hybridized carbons (Fsp3) is 0.679. The fourth-order valence-corrected chi connectivity index (χ4v) is 12.7. The third-order valence-electron chi connectivity index (χ3n) is 16.2. The van der Waals surface area contributed by atoms with Gasteiger partial charge >= 0.3 is 11.9 Å². The first-order valence-corrected chi connectivity index (χ1v) is 24.6. The van der Waals surface area contributed by atoms with Crippen molar-refractivity contribution in [3.05, 3.63) is 69.4 Å². The maximum absolute atomic E-state index is 16.1. The molecule has 8 atom stereocenters. The lowest BCUT2D eigenvalue weighted by molar-refractivity contribution is -0.251. The van der Waals surface area contributed by atoms with Gasteiger partial charge in [-0.15, -0.1) is 0 Å². The second-order valence-electron chi connectivity index (χ2n) is 21.8. The van der Waals surface area contributed by atoms with Gasteiger partial charge < -0.3 is 38.4 Å². The summed E-state index contributed by atoms with van der Waals surface area (Å²) in [6, 6.07) is -0.411. The van der Waals surface area contributed by atoms with Gasteiger partial charge in [-0.25, -0.2) is 4.79 Å². The SMILES string of the molecule is COC(=O)/C(C)=C\CC12OC(C)(C)C3CC(CC4C(N5CCN(C)CC5)C5C(=O)C6=C(OC(C)(CCC=C(C)C)C=C6OC(=O)CCC(=O)N6CCN(C)CC6)C(CC=C(C)C)=C5OC431)C2=O. The number of Topliss-reactive ketones (excluding diaryl/α,β-unsaturated/α-hetero) is 2. The molecule has 0 aromatic heterocycles. The summed E-state index contributed by atoms with van der Waals surface area (Å²) in [5.74, 6) is -2.18. The predicted octanol–water partition coefficient (Wildman–Crippen LogP) is 6.23. The van der Waals surface area contributed by atoms with Gasteiger partial charge in [0.2, 0.25) is 5.91 Å². The average molecular weight is 927 g/mol. The van der Waals surface area contributed by atoms with E-state index in [4.69, 9.17) is 23.7 Å². The third-order valence-corrected chi connectivity index (χ3v) is 16.2. The van der Waals surface area contributed by atoms with Crippen molar-refractivity contribution in [3.8, 4) is 0 Å². The topological polar surface area (TPSA) is 144 Å². The highest BCUT2D eigenvalue weighted by molar-refractivity contribution is 6.06. The molecule has 366 valence electrons. The first kappa shape index (κ1) is 49.1. The second-order valence-corrected chi connectivity index (χ2v) is 21.8. The number of hydrogen-bond donors (Lipinski definition) is 0. The number of amides is 1. The molecule has 1 spiro atoms. The van der Waals surface area contributed by atoms with E-state index < -0.39 is 46.3 Å². The highest BCUT2D eigenvalue weighted by Crippen LogP contribution is 2.72. The van der Waals surface area contributed by atoms with E-state index in [1.54, 1.807) is 24.0 Å². The van der Waals surface area contributed by atoms with Crippen LogP contribution in [0.2, 0.25) is 0 Å². The van der Waals surface area contributed by atoms with Gasteiger partial charge in [-0.05, 0) is 102 Å². The number of methoxy groups -OCH3 is 1. The van der Waals surface area contributed by atoms with E-state index in [1.165, 1.54) is 7.11 Å². The number of fused-ring (bicyclic) bond motifs is 1. The lowest BCUT2D eigenvalue weighted by Gasteiger charge is -2.66. The van der Waals surface area contributed by atoms with Crippen molar-refractivity contribution < 1.29 is 47.7 Å². The van der Waals surface area contributed by atoms with Gasteiger partial charge in [-0.2, -0.15) is 0 Å². The number of esters is 2. The molecule has 0 N–H and O–H groups in total. The number of carbonyl (C=O) groups excluding carboxylic acids is 5. The van der Waals surface area contributed by atoms with Crippen molar-refractivity contribution in [1.29, 1.82) is 0 Å². The smallest absolute Gasteiger partial charge is 0.333 e. The minimum Gasteiger partial charge on any atom is -0.486 e. The van der Waals surface area contributed by atoms with Crippen LogP contribution in [0.25, 0.3) is 0 Å². The van der Waals surface area contributed by atoms with Crippen molar-refractivity contribution >= 4 is 29.4 Å². The summed E-state index contributed by atoms with van der Waals surface area (Å²) < 4.78 is 33.6. The normalized spacial score (nSPS) is 33.8. The maximum atomic E-state index is 16.1. The van der Waals surface area contributed by atoms with Crippen LogP contribution in [0.3, 0.4) is 0 Å². The number of likely N-dealkylation sites (N-methyl/N-ethyl adjacent to an activating group) is 2. The maximum Gasteiger partial charge on any atom is 0.333 e. The summed E-state index contributed by atoms with van der Waals surface area (Å²) in [6.45, 7) is 21.6. The summed E-state index contributed by atoms with van der Waals surface area (Å²) in [5.41, 5.74) is -0.979. The molecule has 5 heterocycles. The summed E-state index contributed by atoms with van der Waals surface area (Å²) >= 11 is 0. The van der Waals surface area contributed by atoms with Crippen LogP contribution < -0.4 is 0 Å². The zero-order chi connectivity index (χ0) is 48.4. The largest absolute Gasteiger partial charge is 0.486 e. The zero-order valence-corrected chi connectivity index (χ0v) is 41.9. The number of carbonyl (C=O) groups is 5. The number of rotatable bonds is 13. The van der Waals surface area contributed by atoms with Crippen molar-refractivity contribution in [2.45, 2.75) is 135 Å². The molecule has 4 aliphatic carbocycles. The first-order chi connectivity index (χ1) is 31.6. The number of allylic oxidation sites excluding steroid dienone is 6. The fourth-order valence-electron chi connectivity index (χ4n) is 12.7. The minimum absolute atomic E-state index is 0.00115. The van der Waals surface area contributed by atoms with Crippen LogP contribution in [-0.2, 0) is 47.7 Å². The van der Waals surface area contributed by atoms with E-state index in [0.29, 0.717) is 80.9 Å². The van der Waals surface area contributed by atoms with Crippen LogP contribution in [0, 0.1) is 23.7 Å². The van der Waals surface area contributed by atoms with Gasteiger partial charge in [-0.3, -0.25) is 24.1 Å². The molecule has 0 aromatic carbocycles. The third kappa shape index (κ3) is 8.71. The Bertz CT molecular complexity index is 2250. The van der Waals surface area contributed by atoms with Crippen molar-refractivity contribution in [2.24, 2.45) is 23.7 Å². The lowest BCUT2D eigenvalue weighted by Crippen LogP contribution is -2.78. The Labute approximate surface area is 397 Å². The van der Waals surface area contributed by atoms with Gasteiger partial charge in [-0.1, -0.05) is 29.4 Å².